The van der Waals surface area contributed by atoms with Crippen LogP contribution in [0.1, 0.15) is 23.6 Å². The molecule has 7 nitrogen and oxygen atoms in total. The van der Waals surface area contributed by atoms with E-state index in [1.54, 1.807) is 18.3 Å². The number of rotatable bonds is 6. The van der Waals surface area contributed by atoms with Crippen LogP contribution in [0.2, 0.25) is 0 Å². The van der Waals surface area contributed by atoms with Crippen molar-refractivity contribution in [3.8, 4) is 11.1 Å². The summed E-state index contributed by atoms with van der Waals surface area (Å²) >= 11 is 0. The van der Waals surface area contributed by atoms with Gasteiger partial charge in [-0.05, 0) is 46.5 Å². The Morgan fingerprint density at radius 1 is 1.06 bits per heavy atom. The molecule has 4 rings (SSSR count). The van der Waals surface area contributed by atoms with Crippen LogP contribution in [-0.4, -0.2) is 26.9 Å². The highest BCUT2D eigenvalue weighted by atomic mass is 19.4. The van der Waals surface area contributed by atoms with Gasteiger partial charge in [-0.15, -0.1) is 0 Å². The number of anilines is 2. The molecule has 0 fully saturated rings. The van der Waals surface area contributed by atoms with Gasteiger partial charge in [0.2, 0.25) is 5.91 Å². The molecule has 4 aromatic rings. The fourth-order valence-corrected chi connectivity index (χ4v) is 3.74. The second-order valence-electron chi connectivity index (χ2n) is 7.83. The number of alkyl halides is 3. The molecule has 0 saturated carbocycles. The second kappa shape index (κ2) is 8.97. The van der Waals surface area contributed by atoms with E-state index in [4.69, 9.17) is 5.73 Å². The van der Waals surface area contributed by atoms with Crippen molar-refractivity contribution in [2.24, 2.45) is 0 Å². The maximum atomic E-state index is 13.1. The number of nitrogens with two attached hydrogens (primary N) is 1. The fraction of sp³-hybridized carbons (Fsp3) is 0.167. The summed E-state index contributed by atoms with van der Waals surface area (Å²) < 4.78 is 39.4. The van der Waals surface area contributed by atoms with E-state index in [2.05, 4.69) is 20.5 Å². The maximum absolute atomic E-state index is 13.1. The Kier molecular flexibility index (Phi) is 6.06. The van der Waals surface area contributed by atoms with Gasteiger partial charge in [-0.3, -0.25) is 14.7 Å². The number of carbonyl (C=O) groups excluding carboxylic acids is 2. The number of Topliss-reactive ketones (excluding diaryl/α,β-unsaturated/α-hetero) is 1. The van der Waals surface area contributed by atoms with Gasteiger partial charge in [0.05, 0.1) is 10.9 Å². The topological polar surface area (TPSA) is 114 Å². The highest BCUT2D eigenvalue weighted by molar-refractivity contribution is 5.99. The average molecular weight is 467 g/mol. The first-order valence-electron chi connectivity index (χ1n) is 10.3. The van der Waals surface area contributed by atoms with Gasteiger partial charge in [0.15, 0.2) is 5.65 Å². The van der Waals surface area contributed by atoms with Crippen LogP contribution in [0.3, 0.4) is 0 Å². The smallest absolute Gasteiger partial charge is 0.383 e. The Morgan fingerprint density at radius 3 is 2.47 bits per heavy atom. The zero-order valence-electron chi connectivity index (χ0n) is 18.0. The Hall–Kier alpha value is -4.21. The van der Waals surface area contributed by atoms with Crippen LogP contribution in [0.4, 0.5) is 24.7 Å². The van der Waals surface area contributed by atoms with Crippen molar-refractivity contribution < 1.29 is 22.8 Å². The minimum absolute atomic E-state index is 0.0235. The van der Waals surface area contributed by atoms with Crippen molar-refractivity contribution in [2.75, 3.05) is 11.1 Å². The Labute approximate surface area is 192 Å². The molecule has 4 N–H and O–H groups in total. The van der Waals surface area contributed by atoms with Crippen LogP contribution < -0.4 is 11.1 Å². The lowest BCUT2D eigenvalue weighted by Crippen LogP contribution is -2.14. The van der Waals surface area contributed by atoms with Crippen LogP contribution in [0, 0.1) is 0 Å². The number of halogens is 3. The number of fused-ring (bicyclic) bond motifs is 1. The fourth-order valence-electron chi connectivity index (χ4n) is 3.74. The standard InChI is InChI=1S/C24H20F3N5O2/c1-13(33)30-20-7-6-17(24(25,26)27)11-16(20)12-18(34)10-14-2-4-15(5-3-14)19-8-9-29-23-21(19)22(28)31-32-23/h2-9,11H,10,12H2,1H3,(H,30,33)(H3,28,29,31,32). The minimum Gasteiger partial charge on any atom is -0.383 e. The van der Waals surface area contributed by atoms with Gasteiger partial charge in [-0.2, -0.15) is 18.3 Å². The van der Waals surface area contributed by atoms with E-state index in [1.165, 1.54) is 13.0 Å². The van der Waals surface area contributed by atoms with Gasteiger partial charge in [0, 0.05) is 31.6 Å². The van der Waals surface area contributed by atoms with Crippen molar-refractivity contribution in [3.63, 3.8) is 0 Å². The predicted octanol–water partition coefficient (Wildman–Crippen LogP) is 4.54. The molecule has 2 heterocycles. The number of ketones is 1. The number of aromatic nitrogens is 3. The van der Waals surface area contributed by atoms with Gasteiger partial charge >= 0.3 is 6.18 Å². The summed E-state index contributed by atoms with van der Waals surface area (Å²) in [6.07, 6.45) is -3.16. The molecule has 0 radical (unpaired) electrons. The number of benzene rings is 2. The number of hydrogen-bond acceptors (Lipinski definition) is 5. The van der Waals surface area contributed by atoms with Crippen LogP contribution in [-0.2, 0) is 28.6 Å². The number of amides is 1. The molecule has 0 atom stereocenters. The van der Waals surface area contributed by atoms with Gasteiger partial charge in [-0.25, -0.2) is 4.98 Å². The van der Waals surface area contributed by atoms with Crippen molar-refractivity contribution in [1.29, 1.82) is 0 Å². The van der Waals surface area contributed by atoms with E-state index in [0.717, 1.165) is 23.3 Å². The number of nitrogens with one attached hydrogen (secondary N) is 2. The summed E-state index contributed by atoms with van der Waals surface area (Å²) in [7, 11) is 0. The number of nitrogen functional groups attached to an aromatic ring is 1. The maximum Gasteiger partial charge on any atom is 0.416 e. The summed E-state index contributed by atoms with van der Waals surface area (Å²) in [5, 5.41) is 9.92. The molecular weight excluding hydrogens is 447 g/mol. The van der Waals surface area contributed by atoms with Crippen LogP contribution in [0.15, 0.2) is 54.7 Å². The molecule has 34 heavy (non-hydrogen) atoms. The van der Waals surface area contributed by atoms with Crippen LogP contribution >= 0.6 is 0 Å². The van der Waals surface area contributed by atoms with Crippen molar-refractivity contribution >= 4 is 34.2 Å². The van der Waals surface area contributed by atoms with E-state index in [0.29, 0.717) is 22.4 Å². The first-order chi connectivity index (χ1) is 16.1. The highest BCUT2D eigenvalue weighted by Crippen LogP contribution is 2.33. The van der Waals surface area contributed by atoms with E-state index >= 15 is 0 Å². The van der Waals surface area contributed by atoms with E-state index in [9.17, 15) is 22.8 Å². The molecule has 0 unspecified atom stereocenters. The number of hydrogen-bond donors (Lipinski definition) is 3. The lowest BCUT2D eigenvalue weighted by molar-refractivity contribution is -0.137. The molecule has 0 spiro atoms. The monoisotopic (exact) mass is 467 g/mol. The highest BCUT2D eigenvalue weighted by Gasteiger charge is 2.31. The van der Waals surface area contributed by atoms with Crippen molar-refractivity contribution in [3.05, 3.63) is 71.4 Å². The summed E-state index contributed by atoms with van der Waals surface area (Å²) in [5.74, 6) is -0.329. The Balaban J connectivity index is 1.53. The predicted molar refractivity (Wildman–Crippen MR) is 122 cm³/mol. The molecule has 0 bridgehead atoms. The number of aromatic amines is 1. The first kappa shape index (κ1) is 23.0. The Morgan fingerprint density at radius 2 is 1.79 bits per heavy atom. The molecule has 0 saturated heterocycles. The Bertz CT molecular complexity index is 1380. The third-order valence-corrected chi connectivity index (χ3v) is 5.28. The number of pyridine rings is 1. The summed E-state index contributed by atoms with van der Waals surface area (Å²) in [5.41, 5.74) is 8.25. The number of H-pyrrole nitrogens is 1. The van der Waals surface area contributed by atoms with Gasteiger partial charge in [-0.1, -0.05) is 24.3 Å². The largest absolute Gasteiger partial charge is 0.416 e. The molecule has 0 aliphatic heterocycles. The second-order valence-corrected chi connectivity index (χ2v) is 7.83. The van der Waals surface area contributed by atoms with E-state index < -0.39 is 17.6 Å². The lowest BCUT2D eigenvalue weighted by Gasteiger charge is -2.14. The first-order valence-corrected chi connectivity index (χ1v) is 10.3. The number of carbonyl (C=O) groups is 2. The van der Waals surface area contributed by atoms with E-state index in [-0.39, 0.29) is 29.9 Å². The number of nitrogens with zero attached hydrogens (tertiary/aromatic N) is 2. The summed E-state index contributed by atoms with van der Waals surface area (Å²) in [6, 6.07) is 12.0. The lowest BCUT2D eigenvalue weighted by atomic mass is 9.97. The van der Waals surface area contributed by atoms with E-state index in [1.807, 2.05) is 18.2 Å². The van der Waals surface area contributed by atoms with Gasteiger partial charge in [0.1, 0.15) is 11.6 Å². The van der Waals surface area contributed by atoms with Crippen LogP contribution in [0.25, 0.3) is 22.2 Å². The van der Waals surface area contributed by atoms with Gasteiger partial charge < -0.3 is 11.1 Å². The van der Waals surface area contributed by atoms with Crippen molar-refractivity contribution in [2.45, 2.75) is 25.9 Å². The third kappa shape index (κ3) is 4.90. The summed E-state index contributed by atoms with van der Waals surface area (Å²) in [6.45, 7) is 1.25. The normalized spacial score (nSPS) is 11.5. The molecule has 0 aliphatic carbocycles. The third-order valence-electron chi connectivity index (χ3n) is 5.28. The zero-order chi connectivity index (χ0) is 24.5. The molecule has 174 valence electrons. The molecule has 1 amide bonds. The van der Waals surface area contributed by atoms with Crippen molar-refractivity contribution in [1.82, 2.24) is 15.2 Å². The molecule has 2 aromatic heterocycles. The average Bonchev–Trinajstić information content (AvgIpc) is 3.15. The molecule has 10 heteroatoms. The summed E-state index contributed by atoms with van der Waals surface area (Å²) in [4.78, 5) is 28.3. The molecule has 2 aromatic carbocycles. The van der Waals surface area contributed by atoms with Gasteiger partial charge in [0.25, 0.3) is 0 Å². The minimum atomic E-state index is -4.56. The molecular formula is C24H20F3N5O2. The zero-order valence-corrected chi connectivity index (χ0v) is 18.0. The quantitative estimate of drug-likeness (QED) is 0.385. The molecule has 0 aliphatic rings. The SMILES string of the molecule is CC(=O)Nc1ccc(C(F)(F)F)cc1CC(=O)Cc1ccc(-c2ccnc3n[nH]c(N)c23)cc1. The van der Waals surface area contributed by atoms with Crippen LogP contribution in [0.5, 0.6) is 0 Å².